The first-order valence-corrected chi connectivity index (χ1v) is 9.52. The fraction of sp³-hybridized carbons (Fsp3) is 0.208. The van der Waals surface area contributed by atoms with Crippen molar-refractivity contribution in [3.05, 3.63) is 95.6 Å². The van der Waals surface area contributed by atoms with E-state index in [-0.39, 0.29) is 12.5 Å². The summed E-state index contributed by atoms with van der Waals surface area (Å²) in [6.07, 6.45) is 2.04. The molecule has 0 radical (unpaired) electrons. The largest absolute Gasteiger partial charge is 0.457 e. The van der Waals surface area contributed by atoms with Gasteiger partial charge in [0.05, 0.1) is 5.60 Å². The highest BCUT2D eigenvalue weighted by atomic mass is 16.5. The molecule has 0 aromatic heterocycles. The number of fused-ring (bicyclic) bond motifs is 1. The van der Waals surface area contributed by atoms with Crippen molar-refractivity contribution in [2.75, 3.05) is 6.54 Å². The quantitative estimate of drug-likeness (QED) is 0.707. The number of amides is 1. The Morgan fingerprint density at radius 3 is 2.29 bits per heavy atom. The van der Waals surface area contributed by atoms with E-state index in [1.54, 1.807) is 24.3 Å². The summed E-state index contributed by atoms with van der Waals surface area (Å²) in [5.74, 6) is 1.23. The Kier molecular flexibility index (Phi) is 5.13. The van der Waals surface area contributed by atoms with Gasteiger partial charge in [-0.3, -0.25) is 4.79 Å². The van der Waals surface area contributed by atoms with Crippen LogP contribution in [0.1, 0.15) is 27.9 Å². The normalized spacial score (nSPS) is 18.2. The maximum absolute atomic E-state index is 12.5. The number of aryl methyl sites for hydroxylation is 1. The Balaban J connectivity index is 1.35. The van der Waals surface area contributed by atoms with E-state index in [9.17, 15) is 9.90 Å². The van der Waals surface area contributed by atoms with E-state index in [1.165, 1.54) is 5.56 Å². The summed E-state index contributed by atoms with van der Waals surface area (Å²) in [6, 6.07) is 24.7. The molecular weight excluding hydrogens is 350 g/mol. The Morgan fingerprint density at radius 2 is 1.54 bits per heavy atom. The second kappa shape index (κ2) is 7.87. The van der Waals surface area contributed by atoms with Crippen molar-refractivity contribution in [2.45, 2.75) is 24.9 Å². The lowest BCUT2D eigenvalue weighted by Crippen LogP contribution is -2.46. The van der Waals surface area contributed by atoms with Gasteiger partial charge in [-0.05, 0) is 60.4 Å². The second-order valence-corrected chi connectivity index (χ2v) is 7.29. The van der Waals surface area contributed by atoms with Gasteiger partial charge < -0.3 is 15.2 Å². The summed E-state index contributed by atoms with van der Waals surface area (Å²) in [6.45, 7) is 0.239. The maximum Gasteiger partial charge on any atom is 0.251 e. The molecule has 1 amide bonds. The molecule has 0 bridgehead atoms. The van der Waals surface area contributed by atoms with Crippen LogP contribution in [-0.2, 0) is 12.8 Å². The van der Waals surface area contributed by atoms with E-state index in [1.807, 2.05) is 48.5 Å². The molecule has 1 atom stereocenters. The molecule has 3 aromatic rings. The molecule has 0 saturated carbocycles. The minimum atomic E-state index is -0.902. The lowest BCUT2D eigenvalue weighted by molar-refractivity contribution is 0.0260. The van der Waals surface area contributed by atoms with Gasteiger partial charge in [-0.1, -0.05) is 42.5 Å². The van der Waals surface area contributed by atoms with Gasteiger partial charge in [0, 0.05) is 18.5 Å². The highest BCUT2D eigenvalue weighted by Gasteiger charge is 2.32. The number of nitrogens with one attached hydrogen (secondary N) is 1. The number of hydrogen-bond acceptors (Lipinski definition) is 3. The zero-order chi connectivity index (χ0) is 19.4. The Hall–Kier alpha value is -3.11. The standard InChI is InChI=1S/C24H23NO3/c26-23(19-10-12-22(13-11-19)28-21-8-2-1-3-9-21)25-17-24(27)15-14-18-6-4-5-7-20(18)16-24/h1-13,27H,14-17H2,(H,25,26)/t24-/m0/s1. The zero-order valence-electron chi connectivity index (χ0n) is 15.6. The van der Waals surface area contributed by atoms with Gasteiger partial charge in [0.15, 0.2) is 0 Å². The topological polar surface area (TPSA) is 58.6 Å². The minimum absolute atomic E-state index is 0.196. The van der Waals surface area contributed by atoms with Crippen molar-refractivity contribution >= 4 is 5.91 Å². The van der Waals surface area contributed by atoms with Crippen LogP contribution >= 0.6 is 0 Å². The summed E-state index contributed by atoms with van der Waals surface area (Å²) in [5.41, 5.74) is 2.08. The molecule has 0 aliphatic heterocycles. The molecule has 28 heavy (non-hydrogen) atoms. The van der Waals surface area contributed by atoms with E-state index in [2.05, 4.69) is 11.4 Å². The van der Waals surface area contributed by atoms with Crippen LogP contribution in [0.25, 0.3) is 0 Å². The van der Waals surface area contributed by atoms with E-state index in [0.29, 0.717) is 24.2 Å². The molecule has 4 nitrogen and oxygen atoms in total. The second-order valence-electron chi connectivity index (χ2n) is 7.29. The summed E-state index contributed by atoms with van der Waals surface area (Å²) in [5, 5.41) is 13.8. The molecule has 0 spiro atoms. The van der Waals surface area contributed by atoms with Crippen LogP contribution in [0.3, 0.4) is 0 Å². The number of benzene rings is 3. The predicted molar refractivity (Wildman–Crippen MR) is 109 cm³/mol. The molecule has 0 saturated heterocycles. The van der Waals surface area contributed by atoms with Crippen LogP contribution in [0.5, 0.6) is 11.5 Å². The monoisotopic (exact) mass is 373 g/mol. The fourth-order valence-electron chi connectivity index (χ4n) is 3.58. The third-order valence-corrected chi connectivity index (χ3v) is 5.17. The smallest absolute Gasteiger partial charge is 0.251 e. The molecule has 0 fully saturated rings. The maximum atomic E-state index is 12.5. The molecule has 142 valence electrons. The number of hydrogen-bond donors (Lipinski definition) is 2. The van der Waals surface area contributed by atoms with Crippen molar-refractivity contribution in [3.8, 4) is 11.5 Å². The van der Waals surface area contributed by atoms with Crippen LogP contribution in [0.2, 0.25) is 0 Å². The van der Waals surface area contributed by atoms with Gasteiger partial charge in [-0.2, -0.15) is 0 Å². The Labute approximate surface area is 164 Å². The highest BCUT2D eigenvalue weighted by Crippen LogP contribution is 2.28. The van der Waals surface area contributed by atoms with Gasteiger partial charge in [0.2, 0.25) is 0 Å². The number of carbonyl (C=O) groups is 1. The number of para-hydroxylation sites is 1. The Morgan fingerprint density at radius 1 is 0.893 bits per heavy atom. The third-order valence-electron chi connectivity index (χ3n) is 5.17. The average molecular weight is 373 g/mol. The van der Waals surface area contributed by atoms with E-state index >= 15 is 0 Å². The predicted octanol–water partition coefficient (Wildman–Crippen LogP) is 4.13. The van der Waals surface area contributed by atoms with Gasteiger partial charge in [0.1, 0.15) is 11.5 Å². The van der Waals surface area contributed by atoms with Crippen LogP contribution in [0.15, 0.2) is 78.9 Å². The van der Waals surface area contributed by atoms with Crippen LogP contribution < -0.4 is 10.1 Å². The third kappa shape index (κ3) is 4.24. The van der Waals surface area contributed by atoms with Crippen LogP contribution in [-0.4, -0.2) is 23.2 Å². The molecule has 4 heteroatoms. The van der Waals surface area contributed by atoms with Crippen molar-refractivity contribution in [2.24, 2.45) is 0 Å². The van der Waals surface area contributed by atoms with E-state index < -0.39 is 5.60 Å². The molecule has 3 aromatic carbocycles. The van der Waals surface area contributed by atoms with Crippen molar-refractivity contribution in [1.82, 2.24) is 5.32 Å². The molecule has 2 N–H and O–H groups in total. The van der Waals surface area contributed by atoms with Crippen molar-refractivity contribution < 1.29 is 14.6 Å². The first-order valence-electron chi connectivity index (χ1n) is 9.52. The molecule has 0 unspecified atom stereocenters. The molecule has 1 aliphatic rings. The molecule has 1 aliphatic carbocycles. The minimum Gasteiger partial charge on any atom is -0.457 e. The number of carbonyl (C=O) groups excluding carboxylic acids is 1. The summed E-state index contributed by atoms with van der Waals surface area (Å²) >= 11 is 0. The SMILES string of the molecule is O=C(NC[C@]1(O)CCc2ccccc2C1)c1ccc(Oc2ccccc2)cc1. The molecular formula is C24H23NO3. The molecule has 4 rings (SSSR count). The number of rotatable bonds is 5. The summed E-state index contributed by atoms with van der Waals surface area (Å²) in [7, 11) is 0. The zero-order valence-corrected chi connectivity index (χ0v) is 15.6. The lowest BCUT2D eigenvalue weighted by atomic mass is 9.80. The first-order chi connectivity index (χ1) is 13.6. The summed E-state index contributed by atoms with van der Waals surface area (Å²) < 4.78 is 5.75. The Bertz CT molecular complexity index is 953. The van der Waals surface area contributed by atoms with Crippen LogP contribution in [0, 0.1) is 0 Å². The molecule has 0 heterocycles. The number of ether oxygens (including phenoxy) is 1. The van der Waals surface area contributed by atoms with Gasteiger partial charge in [-0.25, -0.2) is 0 Å². The van der Waals surface area contributed by atoms with Gasteiger partial charge in [-0.15, -0.1) is 0 Å². The average Bonchev–Trinajstić information content (AvgIpc) is 2.73. The van der Waals surface area contributed by atoms with Gasteiger partial charge >= 0.3 is 0 Å². The lowest BCUT2D eigenvalue weighted by Gasteiger charge is -2.33. The van der Waals surface area contributed by atoms with Gasteiger partial charge in [0.25, 0.3) is 5.91 Å². The number of aliphatic hydroxyl groups is 1. The van der Waals surface area contributed by atoms with Crippen molar-refractivity contribution in [3.63, 3.8) is 0 Å². The van der Waals surface area contributed by atoms with E-state index in [4.69, 9.17) is 4.74 Å². The van der Waals surface area contributed by atoms with Crippen LogP contribution in [0.4, 0.5) is 0 Å². The fourth-order valence-corrected chi connectivity index (χ4v) is 3.58. The van der Waals surface area contributed by atoms with E-state index in [0.717, 1.165) is 17.7 Å². The highest BCUT2D eigenvalue weighted by molar-refractivity contribution is 5.94. The van der Waals surface area contributed by atoms with Crippen molar-refractivity contribution in [1.29, 1.82) is 0 Å². The summed E-state index contributed by atoms with van der Waals surface area (Å²) in [4.78, 5) is 12.5. The first kappa shape index (κ1) is 18.3.